The van der Waals surface area contributed by atoms with Gasteiger partial charge in [-0.2, -0.15) is 13.2 Å². The lowest BCUT2D eigenvalue weighted by molar-refractivity contribution is -0.137. The SMILES string of the molecule is Cl.NC[C@@H]1C[C@H]1c1cccc(C(F)(F)F)c1. The van der Waals surface area contributed by atoms with Gasteiger partial charge in [-0.15, -0.1) is 12.4 Å². The monoisotopic (exact) mass is 251 g/mol. The van der Waals surface area contributed by atoms with Gasteiger partial charge in [0.2, 0.25) is 0 Å². The highest BCUT2D eigenvalue weighted by Crippen LogP contribution is 2.47. The van der Waals surface area contributed by atoms with E-state index in [0.717, 1.165) is 18.1 Å². The first kappa shape index (κ1) is 13.3. The minimum atomic E-state index is -4.25. The van der Waals surface area contributed by atoms with E-state index in [1.165, 1.54) is 12.1 Å². The zero-order valence-corrected chi connectivity index (χ0v) is 9.31. The van der Waals surface area contributed by atoms with Crippen molar-refractivity contribution in [3.05, 3.63) is 35.4 Å². The van der Waals surface area contributed by atoms with Gasteiger partial charge in [-0.05, 0) is 36.4 Å². The number of benzene rings is 1. The van der Waals surface area contributed by atoms with Gasteiger partial charge < -0.3 is 5.73 Å². The van der Waals surface area contributed by atoms with Crippen LogP contribution in [0.25, 0.3) is 0 Å². The van der Waals surface area contributed by atoms with Crippen LogP contribution in [0, 0.1) is 5.92 Å². The van der Waals surface area contributed by atoms with Gasteiger partial charge in [0.15, 0.2) is 0 Å². The third kappa shape index (κ3) is 2.68. The molecule has 0 radical (unpaired) electrons. The zero-order valence-electron chi connectivity index (χ0n) is 8.50. The first-order valence-electron chi connectivity index (χ1n) is 4.89. The fourth-order valence-corrected chi connectivity index (χ4v) is 1.86. The maximum absolute atomic E-state index is 12.4. The minimum absolute atomic E-state index is 0. The quantitative estimate of drug-likeness (QED) is 0.858. The van der Waals surface area contributed by atoms with E-state index in [1.807, 2.05) is 0 Å². The summed E-state index contributed by atoms with van der Waals surface area (Å²) in [5.74, 6) is 0.603. The summed E-state index contributed by atoms with van der Waals surface area (Å²) in [6.45, 7) is 0.556. The van der Waals surface area contributed by atoms with E-state index in [1.54, 1.807) is 6.07 Å². The Hall–Kier alpha value is -0.740. The second-order valence-electron chi connectivity index (χ2n) is 3.96. The summed E-state index contributed by atoms with van der Waals surface area (Å²) in [5, 5.41) is 0. The molecule has 1 nitrogen and oxygen atoms in total. The van der Waals surface area contributed by atoms with Crippen LogP contribution in [-0.2, 0) is 6.18 Å². The highest BCUT2D eigenvalue weighted by atomic mass is 35.5. The Bertz CT molecular complexity index is 364. The van der Waals surface area contributed by atoms with Crippen molar-refractivity contribution >= 4 is 12.4 Å². The lowest BCUT2D eigenvalue weighted by atomic mass is 10.1. The Labute approximate surface area is 98.2 Å². The summed E-state index contributed by atoms with van der Waals surface area (Å²) in [7, 11) is 0. The summed E-state index contributed by atoms with van der Waals surface area (Å²) in [6, 6.07) is 5.54. The molecule has 90 valence electrons. The van der Waals surface area contributed by atoms with Crippen LogP contribution in [0.3, 0.4) is 0 Å². The normalized spacial score (nSPS) is 23.8. The van der Waals surface area contributed by atoms with Crippen molar-refractivity contribution in [2.45, 2.75) is 18.5 Å². The van der Waals surface area contributed by atoms with Crippen molar-refractivity contribution < 1.29 is 13.2 Å². The molecule has 5 heteroatoms. The summed E-state index contributed by atoms with van der Waals surface area (Å²) >= 11 is 0. The van der Waals surface area contributed by atoms with Gasteiger partial charge in [0.1, 0.15) is 0 Å². The summed E-state index contributed by atoms with van der Waals surface area (Å²) in [4.78, 5) is 0. The summed E-state index contributed by atoms with van der Waals surface area (Å²) < 4.78 is 37.2. The molecule has 0 bridgehead atoms. The van der Waals surface area contributed by atoms with E-state index in [-0.39, 0.29) is 18.3 Å². The molecule has 0 aromatic heterocycles. The van der Waals surface area contributed by atoms with Crippen LogP contribution in [0.2, 0.25) is 0 Å². The van der Waals surface area contributed by atoms with E-state index in [4.69, 9.17) is 5.73 Å². The van der Waals surface area contributed by atoms with Gasteiger partial charge in [-0.3, -0.25) is 0 Å². The Morgan fingerprint density at radius 2 is 2.00 bits per heavy atom. The van der Waals surface area contributed by atoms with Crippen molar-refractivity contribution in [1.82, 2.24) is 0 Å². The van der Waals surface area contributed by atoms with E-state index in [0.29, 0.717) is 12.5 Å². The van der Waals surface area contributed by atoms with E-state index in [9.17, 15) is 13.2 Å². The molecular weight excluding hydrogens is 239 g/mol. The van der Waals surface area contributed by atoms with E-state index < -0.39 is 11.7 Å². The largest absolute Gasteiger partial charge is 0.416 e. The highest BCUT2D eigenvalue weighted by Gasteiger charge is 2.38. The van der Waals surface area contributed by atoms with Crippen LogP contribution in [0.5, 0.6) is 0 Å². The maximum atomic E-state index is 12.4. The minimum Gasteiger partial charge on any atom is -0.330 e. The molecule has 2 atom stereocenters. The molecule has 1 saturated carbocycles. The fourth-order valence-electron chi connectivity index (χ4n) is 1.86. The summed E-state index contributed by atoms with van der Waals surface area (Å²) in [5.41, 5.74) is 5.66. The maximum Gasteiger partial charge on any atom is 0.416 e. The van der Waals surface area contributed by atoms with Gasteiger partial charge in [0.05, 0.1) is 5.56 Å². The number of hydrogen-bond acceptors (Lipinski definition) is 1. The van der Waals surface area contributed by atoms with Crippen LogP contribution >= 0.6 is 12.4 Å². The molecular formula is C11H13ClF3N. The van der Waals surface area contributed by atoms with Crippen LogP contribution in [-0.4, -0.2) is 6.54 Å². The van der Waals surface area contributed by atoms with Crippen molar-refractivity contribution in [2.24, 2.45) is 11.7 Å². The topological polar surface area (TPSA) is 26.0 Å². The van der Waals surface area contributed by atoms with Crippen molar-refractivity contribution in [3.8, 4) is 0 Å². The Balaban J connectivity index is 0.00000128. The smallest absolute Gasteiger partial charge is 0.330 e. The first-order chi connectivity index (χ1) is 7.02. The predicted octanol–water partition coefficient (Wildman–Crippen LogP) is 3.19. The number of halogens is 4. The predicted molar refractivity (Wildman–Crippen MR) is 58.6 cm³/mol. The third-order valence-corrected chi connectivity index (χ3v) is 2.87. The number of nitrogens with two attached hydrogens (primary N) is 1. The molecule has 0 aliphatic heterocycles. The van der Waals surface area contributed by atoms with Crippen LogP contribution in [0.4, 0.5) is 13.2 Å². The third-order valence-electron chi connectivity index (χ3n) is 2.87. The zero-order chi connectivity index (χ0) is 11.1. The standard InChI is InChI=1S/C11H12F3N.ClH/c12-11(13,14)9-3-1-2-7(4-9)10-5-8(10)6-15;/h1-4,8,10H,5-6,15H2;1H/t8-,10-;/m0./s1. The Morgan fingerprint density at radius 3 is 2.50 bits per heavy atom. The molecule has 1 aromatic rings. The van der Waals surface area contributed by atoms with Crippen LogP contribution in [0.1, 0.15) is 23.5 Å². The molecule has 0 unspecified atom stereocenters. The second kappa shape index (κ2) is 4.63. The number of alkyl halides is 3. The highest BCUT2D eigenvalue weighted by molar-refractivity contribution is 5.85. The van der Waals surface area contributed by atoms with Crippen LogP contribution in [0.15, 0.2) is 24.3 Å². The molecule has 0 heterocycles. The number of hydrogen-bond donors (Lipinski definition) is 1. The average Bonchev–Trinajstić information content (AvgIpc) is 2.95. The van der Waals surface area contributed by atoms with Crippen molar-refractivity contribution in [2.75, 3.05) is 6.54 Å². The molecule has 1 aromatic carbocycles. The molecule has 16 heavy (non-hydrogen) atoms. The van der Waals surface area contributed by atoms with Gasteiger partial charge in [0.25, 0.3) is 0 Å². The second-order valence-corrected chi connectivity index (χ2v) is 3.96. The lowest BCUT2D eigenvalue weighted by Gasteiger charge is -2.08. The van der Waals surface area contributed by atoms with E-state index in [2.05, 4.69) is 0 Å². The van der Waals surface area contributed by atoms with E-state index >= 15 is 0 Å². The lowest BCUT2D eigenvalue weighted by Crippen LogP contribution is -2.06. The number of rotatable bonds is 2. The fraction of sp³-hybridized carbons (Fsp3) is 0.455. The van der Waals surface area contributed by atoms with Gasteiger partial charge in [-0.25, -0.2) is 0 Å². The molecule has 1 aliphatic rings. The first-order valence-corrected chi connectivity index (χ1v) is 4.89. The molecule has 1 fully saturated rings. The molecule has 2 rings (SSSR count). The average molecular weight is 252 g/mol. The van der Waals surface area contributed by atoms with Crippen molar-refractivity contribution in [1.29, 1.82) is 0 Å². The Kier molecular flexibility index (Phi) is 3.86. The van der Waals surface area contributed by atoms with Crippen LogP contribution < -0.4 is 5.73 Å². The van der Waals surface area contributed by atoms with Gasteiger partial charge >= 0.3 is 6.18 Å². The molecule has 0 saturated heterocycles. The molecule has 0 spiro atoms. The van der Waals surface area contributed by atoms with Gasteiger partial charge in [0, 0.05) is 0 Å². The Morgan fingerprint density at radius 1 is 1.31 bits per heavy atom. The molecule has 2 N–H and O–H groups in total. The van der Waals surface area contributed by atoms with Crippen molar-refractivity contribution in [3.63, 3.8) is 0 Å². The molecule has 0 amide bonds. The molecule has 1 aliphatic carbocycles. The summed E-state index contributed by atoms with van der Waals surface area (Å²) in [6.07, 6.45) is -3.33. The van der Waals surface area contributed by atoms with Gasteiger partial charge in [-0.1, -0.05) is 18.2 Å².